The highest BCUT2D eigenvalue weighted by molar-refractivity contribution is 5.99. The van der Waals surface area contributed by atoms with Crippen molar-refractivity contribution in [3.63, 3.8) is 0 Å². The van der Waals surface area contributed by atoms with Gasteiger partial charge >= 0.3 is 6.09 Å². The van der Waals surface area contributed by atoms with Gasteiger partial charge in [-0.2, -0.15) is 0 Å². The fourth-order valence-corrected chi connectivity index (χ4v) is 5.29. The lowest BCUT2D eigenvalue weighted by Crippen LogP contribution is -2.55. The van der Waals surface area contributed by atoms with Crippen LogP contribution >= 0.6 is 0 Å². The van der Waals surface area contributed by atoms with Gasteiger partial charge in [0, 0.05) is 17.6 Å². The van der Waals surface area contributed by atoms with Gasteiger partial charge in [0.15, 0.2) is 0 Å². The normalized spacial score (nSPS) is 25.6. The highest BCUT2D eigenvalue weighted by Gasteiger charge is 2.39. The Kier molecular flexibility index (Phi) is 7.28. The van der Waals surface area contributed by atoms with Crippen molar-refractivity contribution in [1.29, 1.82) is 0 Å². The molecule has 0 bridgehead atoms. The van der Waals surface area contributed by atoms with Gasteiger partial charge in [-0.3, -0.25) is 10.3 Å². The number of amides is 1. The van der Waals surface area contributed by atoms with Crippen LogP contribution < -0.4 is 15.4 Å². The minimum absolute atomic E-state index is 0.0713. The van der Waals surface area contributed by atoms with E-state index in [9.17, 15) is 4.79 Å². The molecule has 4 rings (SSSR count). The molecular weight excluding hydrogens is 390 g/mol. The topological polar surface area (TPSA) is 72.5 Å². The van der Waals surface area contributed by atoms with Crippen LogP contribution in [0.5, 0.6) is 5.75 Å². The maximum atomic E-state index is 12.8. The van der Waals surface area contributed by atoms with Gasteiger partial charge in [0.25, 0.3) is 0 Å². The summed E-state index contributed by atoms with van der Waals surface area (Å²) in [6, 6.07) is 7.71. The molecule has 1 aromatic heterocycles. The molecule has 2 fully saturated rings. The molecule has 4 atom stereocenters. The van der Waals surface area contributed by atoms with Crippen LogP contribution in [0.3, 0.4) is 0 Å². The van der Waals surface area contributed by atoms with E-state index in [0.29, 0.717) is 11.6 Å². The number of piperidine rings is 1. The molecule has 1 saturated carbocycles. The summed E-state index contributed by atoms with van der Waals surface area (Å²) in [7, 11) is 1.63. The summed E-state index contributed by atoms with van der Waals surface area (Å²) in [4.78, 5) is 17.1. The highest BCUT2D eigenvalue weighted by atomic mass is 16.6. The molecular formula is C25H35N3O3. The van der Waals surface area contributed by atoms with Crippen molar-refractivity contribution < 1.29 is 14.3 Å². The number of nitrogens with zero attached hydrogens (tertiary/aromatic N) is 1. The van der Waals surface area contributed by atoms with Crippen LogP contribution in [0.15, 0.2) is 30.5 Å². The fourth-order valence-electron chi connectivity index (χ4n) is 5.29. The second-order valence-corrected chi connectivity index (χ2v) is 9.03. The van der Waals surface area contributed by atoms with Crippen LogP contribution in [0.25, 0.3) is 10.9 Å². The second-order valence-electron chi connectivity index (χ2n) is 9.03. The molecule has 168 valence electrons. The van der Waals surface area contributed by atoms with Gasteiger partial charge in [0.05, 0.1) is 18.3 Å². The van der Waals surface area contributed by atoms with Crippen molar-refractivity contribution in [1.82, 2.24) is 10.3 Å². The van der Waals surface area contributed by atoms with Gasteiger partial charge in [0.1, 0.15) is 11.9 Å². The average Bonchev–Trinajstić information content (AvgIpc) is 2.79. The zero-order valence-electron chi connectivity index (χ0n) is 18.7. The predicted molar refractivity (Wildman–Crippen MR) is 124 cm³/mol. The second kappa shape index (κ2) is 10.3. The van der Waals surface area contributed by atoms with Gasteiger partial charge in [-0.15, -0.1) is 0 Å². The summed E-state index contributed by atoms with van der Waals surface area (Å²) in [5, 5.41) is 7.51. The van der Waals surface area contributed by atoms with E-state index in [-0.39, 0.29) is 12.1 Å². The lowest BCUT2D eigenvalue weighted by atomic mass is 9.73. The molecule has 2 aliphatic rings. The number of carbonyl (C=O) groups is 1. The van der Waals surface area contributed by atoms with Crippen LogP contribution in [0, 0.1) is 11.8 Å². The third-order valence-corrected chi connectivity index (χ3v) is 6.91. The Morgan fingerprint density at radius 2 is 2.16 bits per heavy atom. The van der Waals surface area contributed by atoms with Crippen LogP contribution in [0.2, 0.25) is 0 Å². The van der Waals surface area contributed by atoms with Crippen LogP contribution in [-0.4, -0.2) is 36.9 Å². The molecule has 6 heteroatoms. The Morgan fingerprint density at radius 3 is 3.00 bits per heavy atom. The number of nitrogens with one attached hydrogen (secondary N) is 2. The van der Waals surface area contributed by atoms with E-state index in [2.05, 4.69) is 22.5 Å². The number of carbonyl (C=O) groups excluding carboxylic acids is 1. The SMILES string of the molecule is CCCCCC1CNC2C(CCCC2OC(=O)Nc2ccnc3ccc(OC)cc23)C1. The van der Waals surface area contributed by atoms with Crippen molar-refractivity contribution in [2.24, 2.45) is 11.8 Å². The molecule has 4 unspecified atom stereocenters. The van der Waals surface area contributed by atoms with Crippen molar-refractivity contribution >= 4 is 22.7 Å². The number of fused-ring (bicyclic) bond motifs is 2. The molecule has 1 saturated heterocycles. The Hall–Kier alpha value is -2.34. The first-order valence-corrected chi connectivity index (χ1v) is 11.8. The maximum Gasteiger partial charge on any atom is 0.411 e. The molecule has 1 aliphatic carbocycles. The number of unbranched alkanes of at least 4 members (excludes halogenated alkanes) is 2. The van der Waals surface area contributed by atoms with Gasteiger partial charge in [-0.25, -0.2) is 4.79 Å². The molecule has 1 aliphatic heterocycles. The molecule has 0 radical (unpaired) electrons. The quantitative estimate of drug-likeness (QED) is 0.572. The number of aromatic nitrogens is 1. The molecule has 1 aromatic carbocycles. The first-order valence-electron chi connectivity index (χ1n) is 11.8. The van der Waals surface area contributed by atoms with Gasteiger partial charge in [-0.1, -0.05) is 26.2 Å². The number of anilines is 1. The number of hydrogen-bond donors (Lipinski definition) is 2. The van der Waals surface area contributed by atoms with Gasteiger partial charge in [0.2, 0.25) is 0 Å². The number of benzene rings is 1. The van der Waals surface area contributed by atoms with E-state index >= 15 is 0 Å². The van der Waals surface area contributed by atoms with E-state index in [0.717, 1.165) is 42.0 Å². The van der Waals surface area contributed by atoms with Crippen molar-refractivity contribution in [3.05, 3.63) is 30.5 Å². The molecule has 2 N–H and O–H groups in total. The van der Waals surface area contributed by atoms with E-state index in [4.69, 9.17) is 9.47 Å². The van der Waals surface area contributed by atoms with Crippen LogP contribution in [0.4, 0.5) is 10.5 Å². The van der Waals surface area contributed by atoms with E-state index < -0.39 is 6.09 Å². The van der Waals surface area contributed by atoms with Crippen molar-refractivity contribution in [3.8, 4) is 5.75 Å². The first-order chi connectivity index (χ1) is 15.2. The molecule has 2 heterocycles. The summed E-state index contributed by atoms with van der Waals surface area (Å²) in [6.45, 7) is 3.30. The summed E-state index contributed by atoms with van der Waals surface area (Å²) in [6.07, 6.45) is 11.0. The monoisotopic (exact) mass is 425 g/mol. The lowest BCUT2D eigenvalue weighted by molar-refractivity contribution is 0.0158. The number of methoxy groups -OCH3 is 1. The minimum Gasteiger partial charge on any atom is -0.497 e. The summed E-state index contributed by atoms with van der Waals surface area (Å²) < 4.78 is 11.3. The minimum atomic E-state index is -0.396. The maximum absolute atomic E-state index is 12.8. The van der Waals surface area contributed by atoms with Crippen LogP contribution in [0.1, 0.15) is 58.3 Å². The largest absolute Gasteiger partial charge is 0.497 e. The molecule has 6 nitrogen and oxygen atoms in total. The van der Waals surface area contributed by atoms with Crippen LogP contribution in [-0.2, 0) is 4.74 Å². The van der Waals surface area contributed by atoms with E-state index in [1.807, 2.05) is 18.2 Å². The predicted octanol–water partition coefficient (Wildman–Crippen LogP) is 5.52. The highest BCUT2D eigenvalue weighted by Crippen LogP contribution is 2.36. The number of pyridine rings is 1. The third kappa shape index (κ3) is 5.29. The van der Waals surface area contributed by atoms with Gasteiger partial charge in [-0.05, 0) is 74.8 Å². The lowest BCUT2D eigenvalue weighted by Gasteiger charge is -2.44. The zero-order valence-corrected chi connectivity index (χ0v) is 18.7. The Labute approximate surface area is 185 Å². The molecule has 1 amide bonds. The van der Waals surface area contributed by atoms with E-state index in [1.165, 1.54) is 38.5 Å². The summed E-state index contributed by atoms with van der Waals surface area (Å²) in [5.41, 5.74) is 1.49. The Bertz CT molecular complexity index is 887. The molecule has 31 heavy (non-hydrogen) atoms. The van der Waals surface area contributed by atoms with Crippen molar-refractivity contribution in [2.45, 2.75) is 70.4 Å². The average molecular weight is 426 g/mol. The standard InChI is InChI=1S/C25H35N3O3/c1-3-4-5-7-17-14-18-8-6-9-23(24(18)27-16-17)31-25(29)28-22-12-13-26-21-11-10-19(30-2)15-20(21)22/h10-13,15,17-18,23-24,27H,3-9,14,16H2,1-2H3,(H,26,28,29). The number of hydrogen-bond acceptors (Lipinski definition) is 5. The Morgan fingerprint density at radius 1 is 1.26 bits per heavy atom. The first kappa shape index (κ1) is 21.9. The molecule has 2 aromatic rings. The smallest absolute Gasteiger partial charge is 0.411 e. The third-order valence-electron chi connectivity index (χ3n) is 6.91. The summed E-state index contributed by atoms with van der Waals surface area (Å²) in [5.74, 6) is 2.10. The zero-order chi connectivity index (χ0) is 21.6. The van der Waals surface area contributed by atoms with Crippen molar-refractivity contribution in [2.75, 3.05) is 19.0 Å². The Balaban J connectivity index is 1.37. The number of rotatable bonds is 7. The number of ether oxygens (including phenoxy) is 2. The summed E-state index contributed by atoms with van der Waals surface area (Å²) >= 11 is 0. The fraction of sp³-hybridized carbons (Fsp3) is 0.600. The van der Waals surface area contributed by atoms with E-state index in [1.54, 1.807) is 19.4 Å². The van der Waals surface area contributed by atoms with Gasteiger partial charge < -0.3 is 14.8 Å². The molecule has 0 spiro atoms.